The highest BCUT2D eigenvalue weighted by Gasteiger charge is 2.26. The third-order valence-electron chi connectivity index (χ3n) is 2.56. The number of nitrogens with zero attached hydrogens (tertiary/aromatic N) is 2. The molecule has 0 amide bonds. The first-order chi connectivity index (χ1) is 9.22. The molecule has 7 heteroatoms. The van der Waals surface area contributed by atoms with Crippen LogP contribution in [0.5, 0.6) is 0 Å². The maximum absolute atomic E-state index is 5.85. The lowest BCUT2D eigenvalue weighted by molar-refractivity contribution is 0.938. The molecule has 1 aromatic carbocycles. The van der Waals surface area contributed by atoms with Crippen molar-refractivity contribution < 1.29 is 0 Å². The van der Waals surface area contributed by atoms with Gasteiger partial charge in [0.25, 0.3) is 0 Å². The van der Waals surface area contributed by atoms with Gasteiger partial charge in [0, 0.05) is 10.7 Å². The van der Waals surface area contributed by atoms with E-state index in [1.165, 1.54) is 0 Å². The third-order valence-corrected chi connectivity index (χ3v) is 6.19. The Bertz CT molecular complexity index is 599. The first-order valence-electron chi connectivity index (χ1n) is 5.54. The second-order valence-electron chi connectivity index (χ2n) is 3.91. The van der Waals surface area contributed by atoms with Gasteiger partial charge < -0.3 is 5.32 Å². The van der Waals surface area contributed by atoms with Gasteiger partial charge in [-0.2, -0.15) is 0 Å². The van der Waals surface area contributed by atoms with Crippen LogP contribution in [-0.2, 0) is 0 Å². The minimum atomic E-state index is 0.318. The minimum Gasteiger partial charge on any atom is -0.330 e. The van der Waals surface area contributed by atoms with E-state index in [4.69, 9.17) is 11.6 Å². The van der Waals surface area contributed by atoms with Gasteiger partial charge in [0.15, 0.2) is 0 Å². The third kappa shape index (κ3) is 3.13. The summed E-state index contributed by atoms with van der Waals surface area (Å²) in [5, 5.41) is 16.6. The lowest BCUT2D eigenvalue weighted by Gasteiger charge is -2.07. The number of hydrogen-bond donors (Lipinski definition) is 1. The molecule has 1 aromatic heterocycles. The molecule has 3 nitrogen and oxygen atoms in total. The number of benzene rings is 1. The molecule has 0 bridgehead atoms. The maximum Gasteiger partial charge on any atom is 0.210 e. The molecule has 2 atom stereocenters. The average Bonchev–Trinajstić information content (AvgIpc) is 3.01. The van der Waals surface area contributed by atoms with Crippen LogP contribution < -0.4 is 5.32 Å². The van der Waals surface area contributed by atoms with E-state index in [1.807, 2.05) is 24.3 Å². The molecule has 0 saturated heterocycles. The van der Waals surface area contributed by atoms with E-state index in [0.717, 1.165) is 20.8 Å². The van der Waals surface area contributed by atoms with Gasteiger partial charge in [-0.3, -0.25) is 0 Å². The van der Waals surface area contributed by atoms with Crippen LogP contribution in [0, 0.1) is 0 Å². The summed E-state index contributed by atoms with van der Waals surface area (Å²) in [4.78, 5) is 0.328. The van der Waals surface area contributed by atoms with Crippen LogP contribution in [0.2, 0.25) is 5.02 Å². The van der Waals surface area contributed by atoms with Gasteiger partial charge in [0.05, 0.1) is 10.1 Å². The number of hydrogen-bond acceptors (Lipinski definition) is 5. The lowest BCUT2D eigenvalue weighted by Crippen LogP contribution is -2.00. The highest BCUT2D eigenvalue weighted by atomic mass is 79.9. The van der Waals surface area contributed by atoms with Crippen molar-refractivity contribution in [3.63, 3.8) is 0 Å². The van der Waals surface area contributed by atoms with Gasteiger partial charge in [0.1, 0.15) is 5.01 Å². The first kappa shape index (κ1) is 13.4. The Kier molecular flexibility index (Phi) is 4.12. The summed E-state index contributed by atoms with van der Waals surface area (Å²) in [6.45, 7) is 0. The predicted molar refractivity (Wildman–Crippen MR) is 86.8 cm³/mol. The van der Waals surface area contributed by atoms with Crippen LogP contribution in [0.1, 0.15) is 10.3 Å². The fourth-order valence-electron chi connectivity index (χ4n) is 1.63. The maximum atomic E-state index is 5.85. The molecule has 2 heterocycles. The molecule has 19 heavy (non-hydrogen) atoms. The van der Waals surface area contributed by atoms with Gasteiger partial charge >= 0.3 is 0 Å². The molecule has 0 fully saturated rings. The van der Waals surface area contributed by atoms with Gasteiger partial charge in [-0.05, 0) is 29.7 Å². The van der Waals surface area contributed by atoms with E-state index in [2.05, 4.69) is 42.9 Å². The topological polar surface area (TPSA) is 37.8 Å². The number of thioether (sulfide) groups is 1. The minimum absolute atomic E-state index is 0.318. The molecule has 2 unspecified atom stereocenters. The lowest BCUT2D eigenvalue weighted by atomic mass is 10.3. The number of aromatic nitrogens is 2. The van der Waals surface area contributed by atoms with Crippen LogP contribution in [0.3, 0.4) is 0 Å². The Morgan fingerprint density at radius 1 is 1.21 bits per heavy atom. The Hall–Kier alpha value is -0.560. The summed E-state index contributed by atoms with van der Waals surface area (Å²) in [5.74, 6) is 0. The quantitative estimate of drug-likeness (QED) is 0.767. The molecule has 3 rings (SSSR count). The normalized spacial score (nSPS) is 21.8. The van der Waals surface area contributed by atoms with Crippen LogP contribution >= 0.6 is 50.6 Å². The fourth-order valence-corrected chi connectivity index (χ4v) is 4.85. The van der Waals surface area contributed by atoms with Crippen LogP contribution in [0.25, 0.3) is 0 Å². The average molecular weight is 375 g/mol. The molecular formula is C12H9BrClN3S2. The monoisotopic (exact) mass is 373 g/mol. The molecule has 0 saturated carbocycles. The highest BCUT2D eigenvalue weighted by Crippen LogP contribution is 2.44. The van der Waals surface area contributed by atoms with Crippen molar-refractivity contribution in [2.24, 2.45) is 0 Å². The molecule has 98 valence electrons. The zero-order chi connectivity index (χ0) is 13.2. The molecular weight excluding hydrogens is 366 g/mol. The molecule has 1 aliphatic heterocycles. The van der Waals surface area contributed by atoms with E-state index < -0.39 is 0 Å². The Morgan fingerprint density at radius 2 is 2.00 bits per heavy atom. The first-order valence-corrected chi connectivity index (χ1v) is 8.60. The Balaban J connectivity index is 1.73. The van der Waals surface area contributed by atoms with E-state index in [1.54, 1.807) is 23.1 Å². The van der Waals surface area contributed by atoms with Crippen LogP contribution in [0.4, 0.5) is 10.8 Å². The number of rotatable bonds is 3. The number of nitrogens with one attached hydrogen (secondary N) is 1. The summed E-state index contributed by atoms with van der Waals surface area (Å²) in [7, 11) is 0. The van der Waals surface area contributed by atoms with Crippen molar-refractivity contribution in [3.8, 4) is 0 Å². The van der Waals surface area contributed by atoms with Gasteiger partial charge in [0.2, 0.25) is 5.13 Å². The Morgan fingerprint density at radius 3 is 2.68 bits per heavy atom. The molecule has 1 aliphatic rings. The predicted octanol–water partition coefficient (Wildman–Crippen LogP) is 5.00. The van der Waals surface area contributed by atoms with Crippen LogP contribution in [-0.4, -0.2) is 15.0 Å². The smallest absolute Gasteiger partial charge is 0.210 e. The van der Waals surface area contributed by atoms with Crippen molar-refractivity contribution in [2.75, 3.05) is 5.32 Å². The molecule has 0 spiro atoms. The Labute approximate surface area is 132 Å². The summed E-state index contributed by atoms with van der Waals surface area (Å²) in [6, 6.07) is 7.53. The summed E-state index contributed by atoms with van der Waals surface area (Å²) >= 11 is 12.8. The number of anilines is 2. The zero-order valence-corrected chi connectivity index (χ0v) is 13.6. The summed E-state index contributed by atoms with van der Waals surface area (Å²) < 4.78 is 0. The van der Waals surface area contributed by atoms with Crippen molar-refractivity contribution >= 4 is 61.4 Å². The van der Waals surface area contributed by atoms with Gasteiger partial charge in [-0.25, -0.2) is 0 Å². The standard InChI is InChI=1S/C12H9BrClN3S2/c13-9-5-6-18-10(9)11-16-17-12(19-11)15-8-3-1-7(14)2-4-8/h1-6,9-10H,(H,15,17). The van der Waals surface area contributed by atoms with Crippen molar-refractivity contribution in [2.45, 2.75) is 10.1 Å². The number of halogens is 2. The van der Waals surface area contributed by atoms with Crippen molar-refractivity contribution in [3.05, 3.63) is 45.8 Å². The number of alkyl halides is 1. The summed E-state index contributed by atoms with van der Waals surface area (Å²) in [6.07, 6.45) is 2.13. The van der Waals surface area contributed by atoms with Gasteiger partial charge in [-0.1, -0.05) is 44.9 Å². The van der Waals surface area contributed by atoms with E-state index in [0.29, 0.717) is 10.1 Å². The van der Waals surface area contributed by atoms with E-state index in [-0.39, 0.29) is 0 Å². The summed E-state index contributed by atoms with van der Waals surface area (Å²) in [5.41, 5.74) is 0.958. The van der Waals surface area contributed by atoms with Crippen molar-refractivity contribution in [1.82, 2.24) is 10.2 Å². The largest absolute Gasteiger partial charge is 0.330 e. The van der Waals surface area contributed by atoms with E-state index >= 15 is 0 Å². The van der Waals surface area contributed by atoms with Crippen molar-refractivity contribution in [1.29, 1.82) is 0 Å². The number of allylic oxidation sites excluding steroid dienone is 1. The van der Waals surface area contributed by atoms with Gasteiger partial charge in [-0.15, -0.1) is 22.0 Å². The molecule has 2 aromatic rings. The highest BCUT2D eigenvalue weighted by molar-refractivity contribution is 9.09. The molecule has 0 aliphatic carbocycles. The second-order valence-corrected chi connectivity index (χ2v) is 7.46. The molecule has 0 radical (unpaired) electrons. The van der Waals surface area contributed by atoms with Crippen LogP contribution in [0.15, 0.2) is 35.7 Å². The fraction of sp³-hybridized carbons (Fsp3) is 0.167. The molecule has 1 N–H and O–H groups in total. The SMILES string of the molecule is Clc1ccc(Nc2nnc(C3SC=CC3Br)s2)cc1. The van der Waals surface area contributed by atoms with E-state index in [9.17, 15) is 0 Å². The zero-order valence-electron chi connectivity index (χ0n) is 9.59. The second kappa shape index (κ2) is 5.83.